The van der Waals surface area contributed by atoms with Gasteiger partial charge in [0.1, 0.15) is 11.6 Å². The van der Waals surface area contributed by atoms with Crippen molar-refractivity contribution in [1.82, 2.24) is 9.97 Å². The zero-order valence-corrected chi connectivity index (χ0v) is 10.9. The zero-order valence-electron chi connectivity index (χ0n) is 10.9. The van der Waals surface area contributed by atoms with E-state index in [1.807, 2.05) is 19.1 Å². The van der Waals surface area contributed by atoms with Gasteiger partial charge in [-0.25, -0.2) is 4.98 Å². The van der Waals surface area contributed by atoms with Gasteiger partial charge in [0.25, 0.3) is 5.91 Å². The SMILES string of the molecule is Cc1nc2ccc(NC(=O)c3ccc(CN)o3)cc2[nH]1. The lowest BCUT2D eigenvalue weighted by molar-refractivity contribution is 0.0995. The summed E-state index contributed by atoms with van der Waals surface area (Å²) in [6.45, 7) is 2.15. The lowest BCUT2D eigenvalue weighted by Gasteiger charge is -2.02. The molecule has 3 aromatic rings. The van der Waals surface area contributed by atoms with Crippen molar-refractivity contribution in [2.75, 3.05) is 5.32 Å². The Morgan fingerprint density at radius 3 is 3.00 bits per heavy atom. The van der Waals surface area contributed by atoms with E-state index >= 15 is 0 Å². The Morgan fingerprint density at radius 2 is 2.25 bits per heavy atom. The highest BCUT2D eigenvalue weighted by Crippen LogP contribution is 2.18. The van der Waals surface area contributed by atoms with Crippen molar-refractivity contribution in [3.8, 4) is 0 Å². The monoisotopic (exact) mass is 270 g/mol. The molecule has 0 saturated heterocycles. The second-order valence-electron chi connectivity index (χ2n) is 4.48. The van der Waals surface area contributed by atoms with Gasteiger partial charge in [0.05, 0.1) is 17.6 Å². The third-order valence-electron chi connectivity index (χ3n) is 2.94. The minimum absolute atomic E-state index is 0.242. The fourth-order valence-corrected chi connectivity index (χ4v) is 2.02. The predicted molar refractivity (Wildman–Crippen MR) is 75.4 cm³/mol. The molecule has 0 spiro atoms. The first-order valence-electron chi connectivity index (χ1n) is 6.22. The Hall–Kier alpha value is -2.60. The molecule has 0 saturated carbocycles. The fraction of sp³-hybridized carbons (Fsp3) is 0.143. The molecule has 3 rings (SSSR count). The van der Waals surface area contributed by atoms with Gasteiger partial charge in [-0.05, 0) is 37.3 Å². The maximum absolute atomic E-state index is 12.0. The number of nitrogens with two attached hydrogens (primary N) is 1. The maximum Gasteiger partial charge on any atom is 0.291 e. The lowest BCUT2D eigenvalue weighted by atomic mass is 10.2. The van der Waals surface area contributed by atoms with Gasteiger partial charge in [-0.3, -0.25) is 4.79 Å². The van der Waals surface area contributed by atoms with Crippen molar-refractivity contribution in [1.29, 1.82) is 0 Å². The number of imidazole rings is 1. The number of aromatic amines is 1. The number of rotatable bonds is 3. The van der Waals surface area contributed by atoms with Gasteiger partial charge in [0, 0.05) is 5.69 Å². The van der Waals surface area contributed by atoms with Gasteiger partial charge in [-0.1, -0.05) is 0 Å². The van der Waals surface area contributed by atoms with Crippen LogP contribution in [-0.2, 0) is 6.54 Å². The largest absolute Gasteiger partial charge is 0.455 e. The molecule has 2 heterocycles. The summed E-state index contributed by atoms with van der Waals surface area (Å²) in [6, 6.07) is 8.78. The number of aryl methyl sites for hydroxylation is 1. The minimum atomic E-state index is -0.305. The van der Waals surface area contributed by atoms with Crippen LogP contribution in [0.1, 0.15) is 22.1 Å². The van der Waals surface area contributed by atoms with E-state index in [9.17, 15) is 4.79 Å². The average molecular weight is 270 g/mol. The summed E-state index contributed by atoms with van der Waals surface area (Å²) < 4.78 is 5.30. The van der Waals surface area contributed by atoms with E-state index in [4.69, 9.17) is 10.2 Å². The van der Waals surface area contributed by atoms with E-state index < -0.39 is 0 Å². The summed E-state index contributed by atoms with van der Waals surface area (Å²) in [4.78, 5) is 19.4. The van der Waals surface area contributed by atoms with E-state index in [0.717, 1.165) is 16.9 Å². The highest BCUT2D eigenvalue weighted by atomic mass is 16.4. The molecule has 4 N–H and O–H groups in total. The lowest BCUT2D eigenvalue weighted by Crippen LogP contribution is -2.10. The van der Waals surface area contributed by atoms with Crippen molar-refractivity contribution in [2.45, 2.75) is 13.5 Å². The number of nitrogens with zero attached hydrogens (tertiary/aromatic N) is 1. The topological polar surface area (TPSA) is 96.9 Å². The van der Waals surface area contributed by atoms with E-state index in [2.05, 4.69) is 15.3 Å². The van der Waals surface area contributed by atoms with Crippen LogP contribution >= 0.6 is 0 Å². The predicted octanol–water partition coefficient (Wildman–Crippen LogP) is 2.18. The molecular formula is C14H14N4O2. The van der Waals surface area contributed by atoms with Crippen molar-refractivity contribution in [3.05, 3.63) is 47.7 Å². The molecule has 0 radical (unpaired) electrons. The van der Waals surface area contributed by atoms with Crippen molar-refractivity contribution in [2.24, 2.45) is 5.73 Å². The van der Waals surface area contributed by atoms with Gasteiger partial charge >= 0.3 is 0 Å². The first-order chi connectivity index (χ1) is 9.65. The Morgan fingerprint density at radius 1 is 1.40 bits per heavy atom. The van der Waals surface area contributed by atoms with Crippen LogP contribution in [0.15, 0.2) is 34.7 Å². The molecule has 102 valence electrons. The first-order valence-corrected chi connectivity index (χ1v) is 6.22. The molecule has 0 fully saturated rings. The molecule has 0 aliphatic rings. The number of nitrogens with one attached hydrogen (secondary N) is 2. The summed E-state index contributed by atoms with van der Waals surface area (Å²) in [5, 5.41) is 2.78. The van der Waals surface area contributed by atoms with Crippen LogP contribution in [0, 0.1) is 6.92 Å². The highest BCUT2D eigenvalue weighted by Gasteiger charge is 2.11. The average Bonchev–Trinajstić information content (AvgIpc) is 3.03. The number of benzene rings is 1. The zero-order chi connectivity index (χ0) is 14.1. The molecule has 20 heavy (non-hydrogen) atoms. The van der Waals surface area contributed by atoms with Crippen LogP contribution in [0.25, 0.3) is 11.0 Å². The quantitative estimate of drug-likeness (QED) is 0.679. The second-order valence-corrected chi connectivity index (χ2v) is 4.48. The number of fused-ring (bicyclic) bond motifs is 1. The number of hydrogen-bond acceptors (Lipinski definition) is 4. The van der Waals surface area contributed by atoms with Crippen LogP contribution < -0.4 is 11.1 Å². The van der Waals surface area contributed by atoms with Crippen molar-refractivity contribution >= 4 is 22.6 Å². The third-order valence-corrected chi connectivity index (χ3v) is 2.94. The van der Waals surface area contributed by atoms with Crippen LogP contribution in [0.4, 0.5) is 5.69 Å². The summed E-state index contributed by atoms with van der Waals surface area (Å²) >= 11 is 0. The van der Waals surface area contributed by atoms with Gasteiger partial charge in [-0.15, -0.1) is 0 Å². The number of aromatic nitrogens is 2. The summed E-state index contributed by atoms with van der Waals surface area (Å²) in [5.41, 5.74) is 7.86. The maximum atomic E-state index is 12.0. The number of carbonyl (C=O) groups excluding carboxylic acids is 1. The number of H-pyrrole nitrogens is 1. The Balaban J connectivity index is 1.82. The minimum Gasteiger partial charge on any atom is -0.455 e. The number of carbonyl (C=O) groups is 1. The molecule has 2 aromatic heterocycles. The van der Waals surface area contributed by atoms with Crippen LogP contribution in [0.2, 0.25) is 0 Å². The van der Waals surface area contributed by atoms with E-state index in [1.54, 1.807) is 18.2 Å². The highest BCUT2D eigenvalue weighted by molar-refractivity contribution is 6.03. The Kier molecular flexibility index (Phi) is 3.00. The molecule has 1 aromatic carbocycles. The smallest absolute Gasteiger partial charge is 0.291 e. The summed E-state index contributed by atoms with van der Waals surface area (Å²) in [6.07, 6.45) is 0. The Labute approximate surface area is 115 Å². The van der Waals surface area contributed by atoms with Crippen LogP contribution in [0.5, 0.6) is 0 Å². The fourth-order valence-electron chi connectivity index (χ4n) is 2.02. The van der Waals surface area contributed by atoms with E-state index in [0.29, 0.717) is 11.4 Å². The molecule has 6 heteroatoms. The number of amides is 1. The number of anilines is 1. The molecular weight excluding hydrogens is 256 g/mol. The molecule has 0 aliphatic heterocycles. The van der Waals surface area contributed by atoms with E-state index in [1.165, 1.54) is 0 Å². The van der Waals surface area contributed by atoms with Gasteiger partial charge in [-0.2, -0.15) is 0 Å². The Bertz CT molecular complexity index is 772. The normalized spacial score (nSPS) is 10.9. The molecule has 1 amide bonds. The number of hydrogen-bond donors (Lipinski definition) is 3. The summed E-state index contributed by atoms with van der Waals surface area (Å²) in [5.74, 6) is 1.35. The van der Waals surface area contributed by atoms with Gasteiger partial charge in [0.2, 0.25) is 0 Å². The molecule has 0 bridgehead atoms. The molecule has 0 aliphatic carbocycles. The third kappa shape index (κ3) is 2.28. The van der Waals surface area contributed by atoms with Crippen molar-refractivity contribution < 1.29 is 9.21 Å². The van der Waals surface area contributed by atoms with Gasteiger partial charge in [0.15, 0.2) is 5.76 Å². The second kappa shape index (κ2) is 4.82. The van der Waals surface area contributed by atoms with Crippen LogP contribution in [-0.4, -0.2) is 15.9 Å². The standard InChI is InChI=1S/C14H14N4O2/c1-8-16-11-4-2-9(6-12(11)17-8)18-14(19)13-5-3-10(7-15)20-13/h2-6H,7,15H2,1H3,(H,16,17)(H,18,19). The van der Waals surface area contributed by atoms with Crippen LogP contribution in [0.3, 0.4) is 0 Å². The first kappa shape index (κ1) is 12.4. The number of furan rings is 1. The van der Waals surface area contributed by atoms with Crippen molar-refractivity contribution in [3.63, 3.8) is 0 Å². The summed E-state index contributed by atoms with van der Waals surface area (Å²) in [7, 11) is 0. The molecule has 0 unspecified atom stereocenters. The molecule has 6 nitrogen and oxygen atoms in total. The molecule has 0 atom stereocenters. The van der Waals surface area contributed by atoms with Gasteiger partial charge < -0.3 is 20.5 Å². The van der Waals surface area contributed by atoms with E-state index in [-0.39, 0.29) is 18.2 Å².